The number of benzene rings is 2. The monoisotopic (exact) mass is 329 g/mol. The van der Waals surface area contributed by atoms with Gasteiger partial charge in [0.2, 0.25) is 0 Å². The van der Waals surface area contributed by atoms with Crippen LogP contribution < -0.4 is 5.32 Å². The number of anilines is 2. The van der Waals surface area contributed by atoms with Crippen molar-refractivity contribution >= 4 is 22.5 Å². The average molecular weight is 329 g/mol. The van der Waals surface area contributed by atoms with E-state index in [0.29, 0.717) is 0 Å². The maximum atomic E-state index is 4.70. The first-order valence-corrected chi connectivity index (χ1v) is 8.38. The minimum atomic E-state index is 0.762. The molecule has 2 aromatic carbocycles. The van der Waals surface area contributed by atoms with Gasteiger partial charge in [0.1, 0.15) is 11.6 Å². The molecule has 5 heteroatoms. The Bertz CT molecular complexity index is 1000. The molecule has 0 radical (unpaired) electrons. The zero-order valence-electron chi connectivity index (χ0n) is 14.3. The van der Waals surface area contributed by atoms with E-state index in [2.05, 4.69) is 53.5 Å². The van der Waals surface area contributed by atoms with Crippen molar-refractivity contribution in [1.29, 1.82) is 0 Å². The Hall–Kier alpha value is -3.21. The highest BCUT2D eigenvalue weighted by Crippen LogP contribution is 2.25. The van der Waals surface area contributed by atoms with E-state index in [0.717, 1.165) is 40.5 Å². The molecule has 0 aliphatic rings. The predicted molar refractivity (Wildman–Crippen MR) is 100 cm³/mol. The minimum Gasteiger partial charge on any atom is -0.340 e. The van der Waals surface area contributed by atoms with Gasteiger partial charge < -0.3 is 5.32 Å². The van der Waals surface area contributed by atoms with E-state index in [1.165, 1.54) is 5.56 Å². The van der Waals surface area contributed by atoms with Gasteiger partial charge in [0, 0.05) is 12.1 Å². The number of para-hydroxylation sites is 1. The van der Waals surface area contributed by atoms with E-state index in [4.69, 9.17) is 4.98 Å². The van der Waals surface area contributed by atoms with E-state index in [9.17, 15) is 0 Å². The fraction of sp³-hybridized carbons (Fsp3) is 0.150. The highest BCUT2D eigenvalue weighted by Gasteiger charge is 2.13. The van der Waals surface area contributed by atoms with Gasteiger partial charge in [-0.15, -0.1) is 0 Å². The van der Waals surface area contributed by atoms with Crippen LogP contribution in [0.3, 0.4) is 0 Å². The number of fused-ring (bicyclic) bond motifs is 1. The largest absolute Gasteiger partial charge is 0.340 e. The van der Waals surface area contributed by atoms with Crippen molar-refractivity contribution in [3.8, 4) is 5.69 Å². The summed E-state index contributed by atoms with van der Waals surface area (Å²) in [7, 11) is 0. The third-order valence-electron chi connectivity index (χ3n) is 4.11. The molecule has 0 spiro atoms. The molecule has 5 nitrogen and oxygen atoms in total. The maximum absolute atomic E-state index is 4.70. The van der Waals surface area contributed by atoms with Crippen LogP contribution in [0.5, 0.6) is 0 Å². The molecule has 124 valence electrons. The fourth-order valence-electron chi connectivity index (χ4n) is 2.74. The van der Waals surface area contributed by atoms with Gasteiger partial charge in [-0.2, -0.15) is 5.10 Å². The lowest BCUT2D eigenvalue weighted by Gasteiger charge is -2.09. The highest BCUT2D eigenvalue weighted by atomic mass is 15.3. The second-order valence-electron chi connectivity index (χ2n) is 5.96. The summed E-state index contributed by atoms with van der Waals surface area (Å²) in [6.45, 7) is 4.13. The van der Waals surface area contributed by atoms with Crippen LogP contribution in [0.25, 0.3) is 16.7 Å². The molecule has 4 rings (SSSR count). The van der Waals surface area contributed by atoms with Gasteiger partial charge in [-0.3, -0.25) is 0 Å². The van der Waals surface area contributed by atoms with Gasteiger partial charge in [-0.1, -0.05) is 42.8 Å². The van der Waals surface area contributed by atoms with Crippen LogP contribution in [-0.4, -0.2) is 19.7 Å². The number of nitrogens with zero attached hydrogens (tertiary/aromatic N) is 4. The topological polar surface area (TPSA) is 55.6 Å². The van der Waals surface area contributed by atoms with Gasteiger partial charge in [0.05, 0.1) is 17.3 Å². The molecule has 0 aliphatic carbocycles. The van der Waals surface area contributed by atoms with Gasteiger partial charge in [-0.05, 0) is 31.2 Å². The first kappa shape index (κ1) is 15.3. The number of rotatable bonds is 4. The summed E-state index contributed by atoms with van der Waals surface area (Å²) in [5.74, 6) is 1.58. The Morgan fingerprint density at radius 3 is 2.44 bits per heavy atom. The maximum Gasteiger partial charge on any atom is 0.168 e. The number of aryl methyl sites for hydroxylation is 2. The van der Waals surface area contributed by atoms with E-state index in [-0.39, 0.29) is 0 Å². The SMILES string of the molecule is CCc1nc(Nc2ccc(C)cc2)c2cnn(-c3ccccc3)c2n1. The van der Waals surface area contributed by atoms with Crippen LogP contribution in [0.2, 0.25) is 0 Å². The normalized spacial score (nSPS) is 11.0. The van der Waals surface area contributed by atoms with Crippen LogP contribution in [0.1, 0.15) is 18.3 Å². The summed E-state index contributed by atoms with van der Waals surface area (Å²) >= 11 is 0. The van der Waals surface area contributed by atoms with Crippen molar-refractivity contribution in [3.05, 3.63) is 72.2 Å². The molecule has 2 aromatic heterocycles. The molecule has 25 heavy (non-hydrogen) atoms. The smallest absolute Gasteiger partial charge is 0.168 e. The fourth-order valence-corrected chi connectivity index (χ4v) is 2.74. The molecule has 0 unspecified atom stereocenters. The molecular formula is C20H19N5. The summed E-state index contributed by atoms with van der Waals surface area (Å²) < 4.78 is 1.86. The molecule has 0 fully saturated rings. The second-order valence-corrected chi connectivity index (χ2v) is 5.96. The van der Waals surface area contributed by atoms with Crippen molar-refractivity contribution in [1.82, 2.24) is 19.7 Å². The lowest BCUT2D eigenvalue weighted by Crippen LogP contribution is -2.03. The Morgan fingerprint density at radius 1 is 0.960 bits per heavy atom. The van der Waals surface area contributed by atoms with Gasteiger partial charge >= 0.3 is 0 Å². The average Bonchev–Trinajstić information content (AvgIpc) is 3.08. The minimum absolute atomic E-state index is 0.762. The van der Waals surface area contributed by atoms with Crippen molar-refractivity contribution in [2.45, 2.75) is 20.3 Å². The highest BCUT2D eigenvalue weighted by molar-refractivity contribution is 5.89. The van der Waals surface area contributed by atoms with Crippen LogP contribution >= 0.6 is 0 Å². The molecule has 0 atom stereocenters. The molecule has 2 heterocycles. The molecule has 0 aliphatic heterocycles. The molecule has 0 saturated carbocycles. The Balaban J connectivity index is 1.84. The summed E-state index contributed by atoms with van der Waals surface area (Å²) in [6, 6.07) is 18.3. The lowest BCUT2D eigenvalue weighted by atomic mass is 10.2. The first-order valence-electron chi connectivity index (χ1n) is 8.38. The number of hydrogen-bond acceptors (Lipinski definition) is 4. The van der Waals surface area contributed by atoms with Crippen LogP contribution in [0, 0.1) is 6.92 Å². The lowest BCUT2D eigenvalue weighted by molar-refractivity contribution is 0.878. The zero-order chi connectivity index (χ0) is 17.2. The molecule has 1 N–H and O–H groups in total. The van der Waals surface area contributed by atoms with E-state index in [1.807, 2.05) is 41.2 Å². The Kier molecular flexibility index (Phi) is 3.90. The molecule has 0 bridgehead atoms. The summed E-state index contributed by atoms with van der Waals surface area (Å²) in [5, 5.41) is 8.85. The van der Waals surface area contributed by atoms with Gasteiger partial charge in [0.25, 0.3) is 0 Å². The van der Waals surface area contributed by atoms with Crippen molar-refractivity contribution in [3.63, 3.8) is 0 Å². The van der Waals surface area contributed by atoms with Crippen molar-refractivity contribution < 1.29 is 0 Å². The molecule has 0 amide bonds. The predicted octanol–water partition coefficient (Wildman–Crippen LogP) is 4.43. The third-order valence-corrected chi connectivity index (χ3v) is 4.11. The van der Waals surface area contributed by atoms with Crippen LogP contribution in [0.15, 0.2) is 60.8 Å². The van der Waals surface area contributed by atoms with Crippen molar-refractivity contribution in [2.75, 3.05) is 5.32 Å². The van der Waals surface area contributed by atoms with E-state index in [1.54, 1.807) is 0 Å². The first-order chi connectivity index (χ1) is 12.2. The molecule has 4 aromatic rings. The summed E-state index contributed by atoms with van der Waals surface area (Å²) in [5.41, 5.74) is 4.02. The quantitative estimate of drug-likeness (QED) is 0.602. The third kappa shape index (κ3) is 2.96. The number of hydrogen-bond donors (Lipinski definition) is 1. The summed E-state index contributed by atoms with van der Waals surface area (Å²) in [4.78, 5) is 9.36. The number of nitrogens with one attached hydrogen (secondary N) is 1. The molecular weight excluding hydrogens is 310 g/mol. The van der Waals surface area contributed by atoms with Gasteiger partial charge in [-0.25, -0.2) is 14.6 Å². The van der Waals surface area contributed by atoms with Crippen molar-refractivity contribution in [2.24, 2.45) is 0 Å². The zero-order valence-corrected chi connectivity index (χ0v) is 14.3. The van der Waals surface area contributed by atoms with E-state index < -0.39 is 0 Å². The van der Waals surface area contributed by atoms with Crippen LogP contribution in [-0.2, 0) is 6.42 Å². The Labute approximate surface area is 146 Å². The van der Waals surface area contributed by atoms with Crippen LogP contribution in [0.4, 0.5) is 11.5 Å². The van der Waals surface area contributed by atoms with Gasteiger partial charge in [0.15, 0.2) is 5.65 Å². The standard InChI is InChI=1S/C20H19N5/c1-3-18-23-19(22-15-11-9-14(2)10-12-15)17-13-21-25(20(17)24-18)16-7-5-4-6-8-16/h4-13H,3H2,1-2H3,(H,22,23,24). The number of aromatic nitrogens is 4. The summed E-state index contributed by atoms with van der Waals surface area (Å²) in [6.07, 6.45) is 2.58. The molecule has 0 saturated heterocycles. The Morgan fingerprint density at radius 2 is 1.72 bits per heavy atom. The van der Waals surface area contributed by atoms with E-state index >= 15 is 0 Å². The second kappa shape index (κ2) is 6.36.